The molecule has 1 aromatic rings. The van der Waals surface area contributed by atoms with Crippen LogP contribution in [0.4, 0.5) is 5.69 Å². The molecule has 1 aliphatic heterocycles. The van der Waals surface area contributed by atoms with E-state index in [1.54, 1.807) is 6.07 Å². The van der Waals surface area contributed by atoms with Crippen molar-refractivity contribution in [2.45, 2.75) is 33.2 Å². The fourth-order valence-corrected chi connectivity index (χ4v) is 3.32. The van der Waals surface area contributed by atoms with E-state index in [0.29, 0.717) is 28.5 Å². The zero-order valence-electron chi connectivity index (χ0n) is 11.8. The first-order valence-corrected chi connectivity index (χ1v) is 7.19. The van der Waals surface area contributed by atoms with Crippen LogP contribution in [0.2, 0.25) is 5.02 Å². The van der Waals surface area contributed by atoms with E-state index >= 15 is 0 Å². The second-order valence-electron chi connectivity index (χ2n) is 5.76. The Hall–Kier alpha value is -1.22. The van der Waals surface area contributed by atoms with Gasteiger partial charge in [0, 0.05) is 18.3 Å². The first-order chi connectivity index (χ1) is 8.91. The van der Waals surface area contributed by atoms with Crippen molar-refractivity contribution in [1.82, 2.24) is 0 Å². The summed E-state index contributed by atoms with van der Waals surface area (Å²) in [5.41, 5.74) is 7.36. The summed E-state index contributed by atoms with van der Waals surface area (Å²) in [6.07, 6.45) is 1.24. The first kappa shape index (κ1) is 14.2. The third-order valence-corrected chi connectivity index (χ3v) is 4.48. The maximum absolute atomic E-state index is 7.77. The average molecular weight is 280 g/mol. The van der Waals surface area contributed by atoms with Crippen molar-refractivity contribution in [3.63, 3.8) is 0 Å². The van der Waals surface area contributed by atoms with Gasteiger partial charge in [-0.05, 0) is 37.3 Å². The fourth-order valence-electron chi connectivity index (χ4n) is 3.05. The molecule has 4 heteroatoms. The molecule has 3 unspecified atom stereocenters. The summed E-state index contributed by atoms with van der Waals surface area (Å²) in [5, 5.41) is 8.33. The van der Waals surface area contributed by atoms with Crippen LogP contribution < -0.4 is 10.6 Å². The minimum Gasteiger partial charge on any atom is -0.384 e. The van der Waals surface area contributed by atoms with Gasteiger partial charge in [0.2, 0.25) is 0 Å². The molecule has 0 spiro atoms. The molecular formula is C15H22ClN3. The Morgan fingerprint density at radius 1 is 1.37 bits per heavy atom. The standard InChI is InChI=1S/C15H22ClN3/c1-9-7-10(2)11(3)19(8-9)13-6-4-5-12(16)14(13)15(17)18/h4-6,9-11H,7-8H2,1-3H3,(H3,17,18). The molecular weight excluding hydrogens is 258 g/mol. The molecule has 104 valence electrons. The van der Waals surface area contributed by atoms with Crippen LogP contribution in [-0.2, 0) is 0 Å². The third-order valence-electron chi connectivity index (χ3n) is 4.17. The van der Waals surface area contributed by atoms with Gasteiger partial charge in [-0.15, -0.1) is 0 Å². The third kappa shape index (κ3) is 2.71. The Morgan fingerprint density at radius 3 is 2.68 bits per heavy atom. The summed E-state index contributed by atoms with van der Waals surface area (Å²) in [6, 6.07) is 6.18. The van der Waals surface area contributed by atoms with E-state index in [9.17, 15) is 0 Å². The number of anilines is 1. The van der Waals surface area contributed by atoms with Gasteiger partial charge in [-0.1, -0.05) is 31.5 Å². The zero-order valence-corrected chi connectivity index (χ0v) is 12.5. The molecule has 0 bridgehead atoms. The number of rotatable bonds is 2. The summed E-state index contributed by atoms with van der Waals surface area (Å²) in [7, 11) is 0. The van der Waals surface area contributed by atoms with Crippen LogP contribution >= 0.6 is 11.6 Å². The number of nitrogens with two attached hydrogens (primary N) is 1. The first-order valence-electron chi connectivity index (χ1n) is 6.81. The van der Waals surface area contributed by atoms with Gasteiger partial charge in [-0.2, -0.15) is 0 Å². The Morgan fingerprint density at radius 2 is 2.05 bits per heavy atom. The van der Waals surface area contributed by atoms with Gasteiger partial charge in [0.25, 0.3) is 0 Å². The minimum absolute atomic E-state index is 0.0404. The molecule has 3 N–H and O–H groups in total. The van der Waals surface area contributed by atoms with Crippen molar-refractivity contribution < 1.29 is 0 Å². The van der Waals surface area contributed by atoms with Crippen molar-refractivity contribution in [3.05, 3.63) is 28.8 Å². The van der Waals surface area contributed by atoms with Crippen molar-refractivity contribution in [1.29, 1.82) is 5.41 Å². The fraction of sp³-hybridized carbons (Fsp3) is 0.533. The molecule has 0 aromatic heterocycles. The molecule has 0 saturated carbocycles. The van der Waals surface area contributed by atoms with Gasteiger partial charge in [-0.25, -0.2) is 0 Å². The van der Waals surface area contributed by atoms with Gasteiger partial charge in [-0.3, -0.25) is 5.41 Å². The molecule has 19 heavy (non-hydrogen) atoms. The van der Waals surface area contributed by atoms with Crippen LogP contribution in [-0.4, -0.2) is 18.4 Å². The van der Waals surface area contributed by atoms with E-state index in [4.69, 9.17) is 22.7 Å². The number of hydrogen-bond acceptors (Lipinski definition) is 2. The van der Waals surface area contributed by atoms with Crippen molar-refractivity contribution in [2.24, 2.45) is 17.6 Å². The normalized spacial score (nSPS) is 27.4. The summed E-state index contributed by atoms with van der Waals surface area (Å²) in [6.45, 7) is 7.78. The second kappa shape index (κ2) is 5.41. The molecule has 0 radical (unpaired) electrons. The van der Waals surface area contributed by atoms with Crippen molar-refractivity contribution in [2.75, 3.05) is 11.4 Å². The lowest BCUT2D eigenvalue weighted by atomic mass is 9.85. The van der Waals surface area contributed by atoms with Gasteiger partial charge in [0.1, 0.15) is 5.84 Å². The van der Waals surface area contributed by atoms with Crippen LogP contribution in [0.5, 0.6) is 0 Å². The molecule has 1 aliphatic rings. The Balaban J connectivity index is 2.46. The molecule has 1 saturated heterocycles. The number of benzene rings is 1. The monoisotopic (exact) mass is 279 g/mol. The summed E-state index contributed by atoms with van der Waals surface area (Å²) >= 11 is 6.22. The van der Waals surface area contributed by atoms with E-state index in [1.165, 1.54) is 6.42 Å². The van der Waals surface area contributed by atoms with Crippen molar-refractivity contribution >= 4 is 23.1 Å². The molecule has 2 rings (SSSR count). The highest BCUT2D eigenvalue weighted by molar-refractivity contribution is 6.34. The van der Waals surface area contributed by atoms with Crippen LogP contribution in [0.3, 0.4) is 0 Å². The van der Waals surface area contributed by atoms with Crippen LogP contribution in [0.1, 0.15) is 32.8 Å². The Labute approximate surface area is 120 Å². The maximum atomic E-state index is 7.77. The van der Waals surface area contributed by atoms with Gasteiger partial charge >= 0.3 is 0 Å². The number of nitrogens with zero attached hydrogens (tertiary/aromatic N) is 1. The number of halogens is 1. The zero-order chi connectivity index (χ0) is 14.2. The summed E-state index contributed by atoms with van der Waals surface area (Å²) in [5.74, 6) is 1.31. The minimum atomic E-state index is 0.0404. The predicted octanol–water partition coefficient (Wildman–Crippen LogP) is 3.49. The quantitative estimate of drug-likeness (QED) is 0.643. The molecule has 1 fully saturated rings. The number of amidine groups is 1. The lowest BCUT2D eigenvalue weighted by Crippen LogP contribution is -2.46. The van der Waals surface area contributed by atoms with Crippen molar-refractivity contribution in [3.8, 4) is 0 Å². The number of hydrogen-bond donors (Lipinski definition) is 2. The van der Waals surface area contributed by atoms with Crippen LogP contribution in [0, 0.1) is 17.2 Å². The van der Waals surface area contributed by atoms with E-state index in [2.05, 4.69) is 25.7 Å². The topological polar surface area (TPSA) is 53.1 Å². The average Bonchev–Trinajstić information content (AvgIpc) is 2.33. The summed E-state index contributed by atoms with van der Waals surface area (Å²) < 4.78 is 0. The van der Waals surface area contributed by atoms with Crippen LogP contribution in [0.25, 0.3) is 0 Å². The number of nitrogens with one attached hydrogen (secondary N) is 1. The maximum Gasteiger partial charge on any atom is 0.126 e. The molecule has 0 aliphatic carbocycles. The largest absolute Gasteiger partial charge is 0.384 e. The lowest BCUT2D eigenvalue weighted by Gasteiger charge is -2.43. The second-order valence-corrected chi connectivity index (χ2v) is 6.17. The van der Waals surface area contributed by atoms with E-state index in [-0.39, 0.29) is 5.84 Å². The lowest BCUT2D eigenvalue weighted by molar-refractivity contribution is 0.297. The molecule has 1 heterocycles. The smallest absolute Gasteiger partial charge is 0.126 e. The molecule has 3 nitrogen and oxygen atoms in total. The van der Waals surface area contributed by atoms with Gasteiger partial charge in [0.15, 0.2) is 0 Å². The van der Waals surface area contributed by atoms with E-state index in [0.717, 1.165) is 12.2 Å². The van der Waals surface area contributed by atoms with Crippen LogP contribution in [0.15, 0.2) is 18.2 Å². The Bertz CT molecular complexity index is 486. The van der Waals surface area contributed by atoms with E-state index in [1.807, 2.05) is 12.1 Å². The van der Waals surface area contributed by atoms with Gasteiger partial charge in [0.05, 0.1) is 10.6 Å². The highest BCUT2D eigenvalue weighted by Gasteiger charge is 2.30. The number of piperidine rings is 1. The SMILES string of the molecule is CC1CC(C)C(C)N(c2cccc(Cl)c2C(=N)N)C1. The van der Waals surface area contributed by atoms with Gasteiger partial charge < -0.3 is 10.6 Å². The summed E-state index contributed by atoms with van der Waals surface area (Å²) in [4.78, 5) is 2.35. The van der Waals surface area contributed by atoms with E-state index < -0.39 is 0 Å². The Kier molecular flexibility index (Phi) is 4.04. The number of nitrogen functional groups attached to an aromatic ring is 1. The highest BCUT2D eigenvalue weighted by Crippen LogP contribution is 2.35. The predicted molar refractivity (Wildman–Crippen MR) is 82.2 cm³/mol. The molecule has 3 atom stereocenters. The molecule has 0 amide bonds. The molecule has 1 aromatic carbocycles. The highest BCUT2D eigenvalue weighted by atomic mass is 35.5.